The minimum absolute atomic E-state index is 0.0258. The van der Waals surface area contributed by atoms with E-state index in [9.17, 15) is 9.18 Å². The van der Waals surface area contributed by atoms with E-state index in [-0.39, 0.29) is 16.8 Å². The molecule has 0 bridgehead atoms. The first-order chi connectivity index (χ1) is 10.3. The molecule has 1 aromatic carbocycles. The Kier molecular flexibility index (Phi) is 3.17. The monoisotopic (exact) mass is 296 g/mol. The third-order valence-electron chi connectivity index (χ3n) is 4.21. The fourth-order valence-corrected chi connectivity index (χ4v) is 3.25. The predicted octanol–water partition coefficient (Wildman–Crippen LogP) is 3.95. The number of halogens is 1. The van der Waals surface area contributed by atoms with Crippen LogP contribution in [0.3, 0.4) is 0 Å². The molecule has 0 N–H and O–H groups in total. The van der Waals surface area contributed by atoms with E-state index in [0.717, 1.165) is 23.2 Å². The van der Waals surface area contributed by atoms with Crippen molar-refractivity contribution >= 4 is 5.78 Å². The van der Waals surface area contributed by atoms with Crippen LogP contribution in [0.1, 0.15) is 47.4 Å². The number of aromatic nitrogens is 1. The van der Waals surface area contributed by atoms with Crippen LogP contribution in [-0.2, 0) is 6.42 Å². The molecule has 3 rings (SSSR count). The zero-order valence-corrected chi connectivity index (χ0v) is 12.9. The van der Waals surface area contributed by atoms with Gasteiger partial charge in [0.15, 0.2) is 5.78 Å². The molecular weight excluding hydrogens is 279 g/mol. The molecule has 0 aliphatic heterocycles. The van der Waals surface area contributed by atoms with Gasteiger partial charge in [-0.2, -0.15) is 5.26 Å². The molecule has 0 saturated carbocycles. The van der Waals surface area contributed by atoms with Crippen molar-refractivity contribution in [2.75, 3.05) is 0 Å². The second kappa shape index (κ2) is 4.81. The summed E-state index contributed by atoms with van der Waals surface area (Å²) in [6.45, 7) is 6.05. The summed E-state index contributed by atoms with van der Waals surface area (Å²) in [5.74, 6) is -0.391. The lowest BCUT2D eigenvalue weighted by atomic mass is 9.75. The molecule has 0 saturated heterocycles. The first kappa shape index (κ1) is 14.5. The van der Waals surface area contributed by atoms with Crippen LogP contribution in [0.25, 0.3) is 5.69 Å². The van der Waals surface area contributed by atoms with E-state index in [1.54, 1.807) is 6.07 Å². The van der Waals surface area contributed by atoms with E-state index >= 15 is 0 Å². The van der Waals surface area contributed by atoms with Gasteiger partial charge in [0.2, 0.25) is 0 Å². The molecule has 0 atom stereocenters. The van der Waals surface area contributed by atoms with Crippen LogP contribution in [0, 0.1) is 29.5 Å². The third kappa shape index (κ3) is 2.23. The van der Waals surface area contributed by atoms with Gasteiger partial charge in [0, 0.05) is 29.6 Å². The molecule has 1 aromatic heterocycles. The Hall–Kier alpha value is -2.41. The number of carbonyl (C=O) groups is 1. The number of aryl methyl sites for hydroxylation is 1. The summed E-state index contributed by atoms with van der Waals surface area (Å²) in [6, 6.07) is 6.36. The Morgan fingerprint density at radius 3 is 2.68 bits per heavy atom. The molecule has 1 aliphatic carbocycles. The first-order valence-corrected chi connectivity index (χ1v) is 7.26. The summed E-state index contributed by atoms with van der Waals surface area (Å²) in [5, 5.41) is 8.84. The maximum absolute atomic E-state index is 13.9. The molecule has 112 valence electrons. The minimum Gasteiger partial charge on any atom is -0.320 e. The van der Waals surface area contributed by atoms with Crippen molar-refractivity contribution in [1.82, 2.24) is 4.57 Å². The number of rotatable bonds is 1. The van der Waals surface area contributed by atoms with E-state index in [1.165, 1.54) is 12.1 Å². The largest absolute Gasteiger partial charge is 0.320 e. The maximum atomic E-state index is 13.9. The van der Waals surface area contributed by atoms with Gasteiger partial charge in [0.1, 0.15) is 11.9 Å². The number of Topliss-reactive ketones (excluding diaryl/α,β-unsaturated/α-hetero) is 1. The second-order valence-electron chi connectivity index (χ2n) is 6.72. The molecule has 1 heterocycles. The van der Waals surface area contributed by atoms with E-state index < -0.39 is 5.82 Å². The topological polar surface area (TPSA) is 45.8 Å². The molecule has 0 fully saturated rings. The number of hydrogen-bond acceptors (Lipinski definition) is 2. The third-order valence-corrected chi connectivity index (χ3v) is 4.21. The quantitative estimate of drug-likeness (QED) is 0.800. The molecular formula is C18H17FN2O. The van der Waals surface area contributed by atoms with Gasteiger partial charge >= 0.3 is 0 Å². The Morgan fingerprint density at radius 1 is 1.32 bits per heavy atom. The number of benzene rings is 1. The first-order valence-electron chi connectivity index (χ1n) is 7.26. The van der Waals surface area contributed by atoms with Crippen LogP contribution in [0.4, 0.5) is 4.39 Å². The molecule has 0 unspecified atom stereocenters. The van der Waals surface area contributed by atoms with Gasteiger partial charge in [0.25, 0.3) is 0 Å². The van der Waals surface area contributed by atoms with Crippen molar-refractivity contribution in [3.63, 3.8) is 0 Å². The summed E-state index contributed by atoms with van der Waals surface area (Å²) in [5.41, 5.74) is 3.19. The van der Waals surface area contributed by atoms with Crippen molar-refractivity contribution in [3.05, 3.63) is 52.6 Å². The van der Waals surface area contributed by atoms with Crippen LogP contribution in [-0.4, -0.2) is 10.4 Å². The number of hydrogen-bond donors (Lipinski definition) is 0. The highest BCUT2D eigenvalue weighted by molar-refractivity contribution is 6.00. The average molecular weight is 296 g/mol. The van der Waals surface area contributed by atoms with Gasteiger partial charge in [-0.15, -0.1) is 0 Å². The number of nitrogens with zero attached hydrogens (tertiary/aromatic N) is 2. The van der Waals surface area contributed by atoms with Gasteiger partial charge < -0.3 is 4.57 Å². The average Bonchev–Trinajstić information content (AvgIpc) is 2.74. The Labute approximate surface area is 129 Å². The highest BCUT2D eigenvalue weighted by atomic mass is 19.1. The zero-order chi connectivity index (χ0) is 16.1. The Morgan fingerprint density at radius 2 is 2.05 bits per heavy atom. The highest BCUT2D eigenvalue weighted by Gasteiger charge is 2.34. The van der Waals surface area contributed by atoms with Gasteiger partial charge in [-0.1, -0.05) is 13.8 Å². The van der Waals surface area contributed by atoms with Crippen molar-refractivity contribution in [1.29, 1.82) is 5.26 Å². The molecule has 0 radical (unpaired) electrons. The molecule has 2 aromatic rings. The second-order valence-corrected chi connectivity index (χ2v) is 6.72. The SMILES string of the molecule is Cc1cn(-c2ccc(C#N)c(F)c2)c2c1C(=O)CC(C)(C)C2. The van der Waals surface area contributed by atoms with Crippen LogP contribution < -0.4 is 0 Å². The summed E-state index contributed by atoms with van der Waals surface area (Å²) in [4.78, 5) is 12.4. The predicted molar refractivity (Wildman–Crippen MR) is 81.6 cm³/mol. The molecule has 3 nitrogen and oxygen atoms in total. The summed E-state index contributed by atoms with van der Waals surface area (Å²) >= 11 is 0. The molecule has 0 amide bonds. The van der Waals surface area contributed by atoms with Crippen molar-refractivity contribution in [3.8, 4) is 11.8 Å². The standard InChI is InChI=1S/C18H17FN2O/c1-11-10-21(13-5-4-12(9-20)14(19)6-13)15-7-18(2,3)8-16(22)17(11)15/h4-6,10H,7-8H2,1-3H3. The van der Waals surface area contributed by atoms with Crippen LogP contribution in [0.5, 0.6) is 0 Å². The molecule has 22 heavy (non-hydrogen) atoms. The van der Waals surface area contributed by atoms with Crippen LogP contribution in [0.2, 0.25) is 0 Å². The fraction of sp³-hybridized carbons (Fsp3) is 0.333. The van der Waals surface area contributed by atoms with Gasteiger partial charge in [-0.3, -0.25) is 4.79 Å². The normalized spacial score (nSPS) is 16.2. The van der Waals surface area contributed by atoms with Crippen molar-refractivity contribution in [2.24, 2.45) is 5.41 Å². The zero-order valence-electron chi connectivity index (χ0n) is 12.9. The lowest BCUT2D eigenvalue weighted by Crippen LogP contribution is -2.28. The maximum Gasteiger partial charge on any atom is 0.165 e. The molecule has 4 heteroatoms. The van der Waals surface area contributed by atoms with Gasteiger partial charge in [-0.25, -0.2) is 4.39 Å². The smallest absolute Gasteiger partial charge is 0.165 e. The van der Waals surface area contributed by atoms with E-state index in [2.05, 4.69) is 13.8 Å². The number of nitriles is 1. The van der Waals surface area contributed by atoms with E-state index in [4.69, 9.17) is 5.26 Å². The lowest BCUT2D eigenvalue weighted by molar-refractivity contribution is 0.0910. The van der Waals surface area contributed by atoms with Crippen LogP contribution in [0.15, 0.2) is 24.4 Å². The van der Waals surface area contributed by atoms with E-state index in [1.807, 2.05) is 23.8 Å². The summed E-state index contributed by atoms with van der Waals surface area (Å²) in [6.07, 6.45) is 3.18. The lowest BCUT2D eigenvalue weighted by Gasteiger charge is -2.30. The van der Waals surface area contributed by atoms with Crippen molar-refractivity contribution < 1.29 is 9.18 Å². The fourth-order valence-electron chi connectivity index (χ4n) is 3.25. The van der Waals surface area contributed by atoms with Gasteiger partial charge in [0.05, 0.1) is 5.56 Å². The van der Waals surface area contributed by atoms with Crippen LogP contribution >= 0.6 is 0 Å². The number of carbonyl (C=O) groups excluding carboxylic acids is 1. The minimum atomic E-state index is -0.540. The number of ketones is 1. The summed E-state index contributed by atoms with van der Waals surface area (Å²) < 4.78 is 15.8. The number of fused-ring (bicyclic) bond motifs is 1. The molecule has 0 spiro atoms. The summed E-state index contributed by atoms with van der Waals surface area (Å²) in [7, 11) is 0. The highest BCUT2D eigenvalue weighted by Crippen LogP contribution is 2.38. The van der Waals surface area contributed by atoms with Gasteiger partial charge in [-0.05, 0) is 42.5 Å². The Balaban J connectivity index is 2.18. The van der Waals surface area contributed by atoms with E-state index in [0.29, 0.717) is 12.1 Å². The van der Waals surface area contributed by atoms with Crippen molar-refractivity contribution in [2.45, 2.75) is 33.6 Å². The Bertz CT molecular complexity index is 824. The molecule has 1 aliphatic rings.